The molecule has 1 aromatic carbocycles. The molecule has 0 aliphatic rings. The normalized spacial score (nSPS) is 11.7. The van der Waals surface area contributed by atoms with Crippen LogP contribution in [0.25, 0.3) is 0 Å². The van der Waals surface area contributed by atoms with Crippen LogP contribution >= 0.6 is 0 Å². The second-order valence-electron chi connectivity index (χ2n) is 6.25. The van der Waals surface area contributed by atoms with Gasteiger partial charge in [-0.1, -0.05) is 11.6 Å². The number of aliphatic hydroxyl groups excluding tert-OH is 2. The minimum absolute atomic E-state index is 0.0279. The second kappa shape index (κ2) is 12.1. The quantitative estimate of drug-likeness (QED) is 0.207. The molecule has 2 rings (SSSR count). The van der Waals surface area contributed by atoms with Crippen LogP contribution in [-0.2, 0) is 11.3 Å². The van der Waals surface area contributed by atoms with Crippen LogP contribution in [0.3, 0.4) is 0 Å². The zero-order chi connectivity index (χ0) is 22.8. The third-order valence-electron chi connectivity index (χ3n) is 3.92. The van der Waals surface area contributed by atoms with E-state index in [1.165, 1.54) is 11.0 Å². The highest BCUT2D eigenvalue weighted by atomic mass is 32.2. The van der Waals surface area contributed by atoms with Gasteiger partial charge in [0.15, 0.2) is 0 Å². The Balaban J connectivity index is 2.38. The lowest BCUT2D eigenvalue weighted by Gasteiger charge is -2.23. The van der Waals surface area contributed by atoms with Gasteiger partial charge in [-0.2, -0.15) is 15.0 Å². The average Bonchev–Trinajstić information content (AvgIpc) is 2.72. The van der Waals surface area contributed by atoms with Gasteiger partial charge in [0.1, 0.15) is 0 Å². The maximum Gasteiger partial charge on any atom is 0.337 e. The van der Waals surface area contributed by atoms with Crippen LogP contribution in [-0.4, -0.2) is 84.4 Å². The highest BCUT2D eigenvalue weighted by Gasteiger charge is 2.16. The minimum Gasteiger partial charge on any atom is -0.760 e. The highest BCUT2D eigenvalue weighted by Crippen LogP contribution is 2.22. The summed E-state index contributed by atoms with van der Waals surface area (Å²) in [6.07, 6.45) is 0. The number of aryl methyl sites for hydroxylation is 1. The van der Waals surface area contributed by atoms with Crippen molar-refractivity contribution < 1.29 is 28.9 Å². The number of nitrogens with zero attached hydrogens (tertiary/aromatic N) is 4. The topological polar surface area (TPSA) is 196 Å². The fourth-order valence-electron chi connectivity index (χ4n) is 2.57. The van der Waals surface area contributed by atoms with Gasteiger partial charge in [-0.15, -0.1) is 0 Å². The predicted octanol–water partition coefficient (Wildman–Crippen LogP) is -0.792. The molecule has 0 aliphatic carbocycles. The summed E-state index contributed by atoms with van der Waals surface area (Å²) in [6.45, 7) is 1.82. The van der Waals surface area contributed by atoms with Crippen molar-refractivity contribution >= 4 is 40.8 Å². The third kappa shape index (κ3) is 7.69. The largest absolute Gasteiger partial charge is 0.760 e. The van der Waals surface area contributed by atoms with E-state index >= 15 is 0 Å². The summed E-state index contributed by atoms with van der Waals surface area (Å²) in [5.74, 6) is -0.874. The van der Waals surface area contributed by atoms with Crippen molar-refractivity contribution in [3.63, 3.8) is 0 Å². The van der Waals surface area contributed by atoms with Crippen molar-refractivity contribution in [2.75, 3.05) is 54.9 Å². The van der Waals surface area contributed by atoms with Gasteiger partial charge in [-0.25, -0.2) is 9.52 Å². The van der Waals surface area contributed by atoms with Crippen LogP contribution in [0.5, 0.6) is 0 Å². The first-order chi connectivity index (χ1) is 14.8. The first-order valence-corrected chi connectivity index (χ1v) is 10.3. The number of hydrogen-bond donors (Lipinski definition) is 6. The molecular weight excluding hydrogens is 430 g/mol. The number of aromatic nitrogens is 3. The van der Waals surface area contributed by atoms with Crippen molar-refractivity contribution in [3.05, 3.63) is 29.3 Å². The number of aromatic carboxylic acids is 1. The number of aliphatic hydroxyl groups is 2. The number of carboxylic acids is 1. The zero-order valence-electron chi connectivity index (χ0n) is 16.7. The Hall–Kier alpha value is -2.91. The molecule has 170 valence electrons. The molecule has 1 atom stereocenters. The SMILES string of the molecule is Cc1ccc(Nc2nc(NCCO)nc(N(CCO)CCNS(=O)[O-])n2)c(C(=O)O)c1. The molecule has 1 aromatic heterocycles. The van der Waals surface area contributed by atoms with Gasteiger partial charge in [0, 0.05) is 37.4 Å². The zero-order valence-corrected chi connectivity index (χ0v) is 17.6. The van der Waals surface area contributed by atoms with E-state index in [2.05, 4.69) is 30.3 Å². The molecule has 0 amide bonds. The number of hydrogen-bond acceptors (Lipinski definition) is 11. The summed E-state index contributed by atoms with van der Waals surface area (Å²) in [4.78, 5) is 25.8. The molecule has 2 aromatic rings. The van der Waals surface area contributed by atoms with Crippen molar-refractivity contribution in [1.29, 1.82) is 0 Å². The number of benzene rings is 1. The fraction of sp³-hybridized carbons (Fsp3) is 0.412. The molecule has 0 saturated heterocycles. The maximum atomic E-state index is 11.6. The van der Waals surface area contributed by atoms with E-state index < -0.39 is 17.2 Å². The molecule has 0 fully saturated rings. The number of rotatable bonds is 13. The Labute approximate surface area is 181 Å². The van der Waals surface area contributed by atoms with Crippen LogP contribution in [0.4, 0.5) is 23.5 Å². The van der Waals surface area contributed by atoms with E-state index in [9.17, 15) is 23.8 Å². The Morgan fingerprint density at radius 1 is 1.13 bits per heavy atom. The lowest BCUT2D eigenvalue weighted by Crippen LogP contribution is -2.36. The standard InChI is InChI=1S/C17H25N7O6S/c1-11-2-3-13(12(10-11)14(27)28)20-16-21-15(18-5-8-25)22-17(23-16)24(7-9-26)6-4-19-31(29)30/h2-3,10,19,25-26H,4-9H2,1H3,(H,27,28)(H,29,30)(H2,18,20,21,22,23)/p-1. The molecule has 6 N–H and O–H groups in total. The Morgan fingerprint density at radius 3 is 2.52 bits per heavy atom. The molecule has 1 unspecified atom stereocenters. The van der Waals surface area contributed by atoms with Crippen molar-refractivity contribution in [1.82, 2.24) is 19.7 Å². The van der Waals surface area contributed by atoms with Crippen molar-refractivity contribution in [2.45, 2.75) is 6.92 Å². The molecule has 0 radical (unpaired) electrons. The van der Waals surface area contributed by atoms with Gasteiger partial charge in [-0.3, -0.25) is 4.21 Å². The third-order valence-corrected chi connectivity index (χ3v) is 4.36. The Bertz CT molecular complexity index is 917. The van der Waals surface area contributed by atoms with Crippen molar-refractivity contribution in [2.24, 2.45) is 0 Å². The van der Waals surface area contributed by atoms with Gasteiger partial charge >= 0.3 is 5.97 Å². The van der Waals surface area contributed by atoms with Crippen LogP contribution in [0.2, 0.25) is 0 Å². The van der Waals surface area contributed by atoms with Gasteiger partial charge in [0.25, 0.3) is 0 Å². The summed E-state index contributed by atoms with van der Waals surface area (Å²) < 4.78 is 23.6. The average molecular weight is 454 g/mol. The van der Waals surface area contributed by atoms with E-state index in [1.807, 2.05) is 0 Å². The molecule has 0 bridgehead atoms. The first-order valence-electron chi connectivity index (χ1n) is 9.24. The Kier molecular flexibility index (Phi) is 9.48. The summed E-state index contributed by atoms with van der Waals surface area (Å²) in [5, 5.41) is 33.6. The van der Waals surface area contributed by atoms with Gasteiger partial charge in [-0.05, 0) is 19.1 Å². The summed E-state index contributed by atoms with van der Waals surface area (Å²) in [7, 11) is 0. The smallest absolute Gasteiger partial charge is 0.337 e. The lowest BCUT2D eigenvalue weighted by molar-refractivity contribution is 0.0698. The number of anilines is 4. The van der Waals surface area contributed by atoms with E-state index in [1.54, 1.807) is 19.1 Å². The summed E-state index contributed by atoms with van der Waals surface area (Å²) >= 11 is -2.44. The van der Waals surface area contributed by atoms with E-state index in [4.69, 9.17) is 5.11 Å². The van der Waals surface area contributed by atoms with Gasteiger partial charge in [0.2, 0.25) is 17.8 Å². The second-order valence-corrected chi connectivity index (χ2v) is 7.01. The van der Waals surface area contributed by atoms with Crippen LogP contribution in [0.15, 0.2) is 18.2 Å². The molecular formula is C17H24N7O6S-. The van der Waals surface area contributed by atoms with E-state index in [-0.39, 0.29) is 68.5 Å². The summed E-state index contributed by atoms with van der Waals surface area (Å²) in [5.41, 5.74) is 1.06. The van der Waals surface area contributed by atoms with Gasteiger partial charge < -0.3 is 35.4 Å². The molecule has 0 saturated carbocycles. The van der Waals surface area contributed by atoms with Crippen molar-refractivity contribution in [3.8, 4) is 0 Å². The number of carbonyl (C=O) groups is 1. The first kappa shape index (κ1) is 24.4. The van der Waals surface area contributed by atoms with Crippen LogP contribution in [0, 0.1) is 6.92 Å². The summed E-state index contributed by atoms with van der Waals surface area (Å²) in [6, 6.07) is 4.82. The minimum atomic E-state index is -2.44. The monoisotopic (exact) mass is 454 g/mol. The lowest BCUT2D eigenvalue weighted by atomic mass is 10.1. The van der Waals surface area contributed by atoms with Crippen LogP contribution in [0.1, 0.15) is 15.9 Å². The fourth-order valence-corrected chi connectivity index (χ4v) is 2.83. The highest BCUT2D eigenvalue weighted by molar-refractivity contribution is 7.77. The molecule has 31 heavy (non-hydrogen) atoms. The molecule has 1 heterocycles. The Morgan fingerprint density at radius 2 is 1.87 bits per heavy atom. The van der Waals surface area contributed by atoms with Gasteiger partial charge in [0.05, 0.1) is 24.5 Å². The van der Waals surface area contributed by atoms with E-state index in [0.29, 0.717) is 0 Å². The van der Waals surface area contributed by atoms with Crippen LogP contribution < -0.4 is 20.3 Å². The number of nitrogens with one attached hydrogen (secondary N) is 3. The maximum absolute atomic E-state index is 11.6. The molecule has 13 nitrogen and oxygen atoms in total. The molecule has 14 heteroatoms. The van der Waals surface area contributed by atoms with E-state index in [0.717, 1.165) is 5.56 Å². The molecule has 0 aliphatic heterocycles. The number of carboxylic acid groups (broad SMARTS) is 1. The predicted molar refractivity (Wildman–Crippen MR) is 113 cm³/mol. The molecule has 0 spiro atoms.